The van der Waals surface area contributed by atoms with Crippen LogP contribution >= 0.6 is 15.9 Å². The van der Waals surface area contributed by atoms with Gasteiger partial charge >= 0.3 is 6.09 Å². The third-order valence-corrected chi connectivity index (χ3v) is 4.93. The second kappa shape index (κ2) is 8.19. The van der Waals surface area contributed by atoms with Crippen molar-refractivity contribution in [3.63, 3.8) is 0 Å². The molecule has 1 unspecified atom stereocenters. The second-order valence-electron chi connectivity index (χ2n) is 6.48. The maximum atomic E-state index is 12.6. The molecular formula is C16H21BrN4O4S. The highest BCUT2D eigenvalue weighted by Gasteiger charge is 2.21. The van der Waals surface area contributed by atoms with Gasteiger partial charge in [0.25, 0.3) is 5.91 Å². The number of amides is 2. The van der Waals surface area contributed by atoms with Crippen LogP contribution in [0, 0.1) is 0 Å². The zero-order chi connectivity index (χ0) is 19.5. The van der Waals surface area contributed by atoms with E-state index >= 15 is 0 Å². The van der Waals surface area contributed by atoms with E-state index in [2.05, 4.69) is 31.0 Å². The molecule has 1 aromatic heterocycles. The Kier molecular flexibility index (Phi) is 6.43. The fourth-order valence-corrected chi connectivity index (χ4v) is 3.70. The average molecular weight is 445 g/mol. The predicted octanol–water partition coefficient (Wildman–Crippen LogP) is 2.17. The van der Waals surface area contributed by atoms with Crippen LogP contribution in [0.4, 0.5) is 4.79 Å². The SMILES string of the molecule is CC(C)(C)OC(=O)NCCNS(=O)c1c(C(N)=O)[nH]c2ccc(Br)cc12. The summed E-state index contributed by atoms with van der Waals surface area (Å²) in [5.41, 5.74) is 5.54. The molecule has 2 rings (SSSR count). The van der Waals surface area contributed by atoms with Gasteiger partial charge in [0.15, 0.2) is 0 Å². The topological polar surface area (TPSA) is 126 Å². The number of carbonyl (C=O) groups excluding carboxylic acids is 2. The molecule has 1 atom stereocenters. The van der Waals surface area contributed by atoms with Crippen LogP contribution in [0.25, 0.3) is 10.9 Å². The molecule has 0 radical (unpaired) electrons. The van der Waals surface area contributed by atoms with Crippen LogP contribution in [0.5, 0.6) is 0 Å². The molecule has 0 aliphatic carbocycles. The Bertz CT molecular complexity index is 860. The summed E-state index contributed by atoms with van der Waals surface area (Å²) in [6, 6.07) is 5.32. The minimum absolute atomic E-state index is 0.0871. The molecular weight excluding hydrogens is 424 g/mol. The number of hydrogen-bond acceptors (Lipinski definition) is 4. The molecule has 10 heteroatoms. The zero-order valence-electron chi connectivity index (χ0n) is 14.6. The number of halogens is 1. The molecule has 26 heavy (non-hydrogen) atoms. The van der Waals surface area contributed by atoms with Gasteiger partial charge < -0.3 is 20.8 Å². The highest BCUT2D eigenvalue weighted by atomic mass is 79.9. The van der Waals surface area contributed by atoms with Gasteiger partial charge in [0.2, 0.25) is 0 Å². The predicted molar refractivity (Wildman–Crippen MR) is 103 cm³/mol. The monoisotopic (exact) mass is 444 g/mol. The van der Waals surface area contributed by atoms with Crippen molar-refractivity contribution in [2.24, 2.45) is 5.73 Å². The number of benzene rings is 1. The Morgan fingerprint density at radius 3 is 2.62 bits per heavy atom. The Balaban J connectivity index is 2.05. The maximum Gasteiger partial charge on any atom is 0.407 e. The number of hydrogen-bond donors (Lipinski definition) is 4. The fourth-order valence-electron chi connectivity index (χ4n) is 2.20. The quantitative estimate of drug-likeness (QED) is 0.509. The molecule has 1 aromatic carbocycles. The van der Waals surface area contributed by atoms with E-state index in [-0.39, 0.29) is 23.7 Å². The molecule has 2 aromatic rings. The molecule has 0 saturated heterocycles. The van der Waals surface area contributed by atoms with Crippen LogP contribution in [0.1, 0.15) is 31.3 Å². The van der Waals surface area contributed by atoms with Gasteiger partial charge in [-0.15, -0.1) is 0 Å². The first-order valence-electron chi connectivity index (χ1n) is 7.81. The Morgan fingerprint density at radius 2 is 2.00 bits per heavy atom. The Labute approximate surface area is 161 Å². The van der Waals surface area contributed by atoms with E-state index in [1.54, 1.807) is 39.0 Å². The van der Waals surface area contributed by atoms with Crippen molar-refractivity contribution < 1.29 is 18.5 Å². The molecule has 142 valence electrons. The second-order valence-corrected chi connectivity index (χ2v) is 8.63. The van der Waals surface area contributed by atoms with Crippen LogP contribution in [0.15, 0.2) is 27.6 Å². The van der Waals surface area contributed by atoms with Crippen molar-refractivity contribution in [1.82, 2.24) is 15.0 Å². The summed E-state index contributed by atoms with van der Waals surface area (Å²) in [5.74, 6) is -0.700. The van der Waals surface area contributed by atoms with E-state index < -0.39 is 28.6 Å². The highest BCUT2D eigenvalue weighted by Crippen LogP contribution is 2.27. The van der Waals surface area contributed by atoms with Crippen molar-refractivity contribution in [1.29, 1.82) is 0 Å². The summed E-state index contributed by atoms with van der Waals surface area (Å²) in [7, 11) is -1.70. The summed E-state index contributed by atoms with van der Waals surface area (Å²) in [5, 5.41) is 3.18. The lowest BCUT2D eigenvalue weighted by Crippen LogP contribution is -2.36. The molecule has 0 bridgehead atoms. The fraction of sp³-hybridized carbons (Fsp3) is 0.375. The van der Waals surface area contributed by atoms with Crippen LogP contribution < -0.4 is 15.8 Å². The summed E-state index contributed by atoms with van der Waals surface area (Å²) >= 11 is 3.35. The van der Waals surface area contributed by atoms with Crippen molar-refractivity contribution >= 4 is 49.8 Å². The number of nitrogens with one attached hydrogen (secondary N) is 3. The summed E-state index contributed by atoms with van der Waals surface area (Å²) in [6.07, 6.45) is -0.557. The van der Waals surface area contributed by atoms with Crippen molar-refractivity contribution in [2.45, 2.75) is 31.3 Å². The van der Waals surface area contributed by atoms with E-state index in [0.717, 1.165) is 4.47 Å². The van der Waals surface area contributed by atoms with Crippen molar-refractivity contribution in [2.75, 3.05) is 13.1 Å². The lowest BCUT2D eigenvalue weighted by Gasteiger charge is -2.19. The van der Waals surface area contributed by atoms with E-state index in [1.165, 1.54) is 0 Å². The standard InChI is InChI=1S/C16H21BrN4O4S/c1-16(2,3)25-15(23)19-6-7-20-26(24)13-10-8-9(17)4-5-11(10)21-12(13)14(18)22/h4-5,8,20-21H,6-7H2,1-3H3,(H2,18,22)(H,19,23). The summed E-state index contributed by atoms with van der Waals surface area (Å²) in [4.78, 5) is 26.4. The first-order valence-corrected chi connectivity index (χ1v) is 9.76. The van der Waals surface area contributed by atoms with E-state index in [4.69, 9.17) is 10.5 Å². The third-order valence-electron chi connectivity index (χ3n) is 3.17. The van der Waals surface area contributed by atoms with E-state index in [9.17, 15) is 13.8 Å². The van der Waals surface area contributed by atoms with Crippen LogP contribution in [0.2, 0.25) is 0 Å². The van der Waals surface area contributed by atoms with Gasteiger partial charge in [-0.25, -0.2) is 13.7 Å². The first kappa shape index (κ1) is 20.4. The Morgan fingerprint density at radius 1 is 1.31 bits per heavy atom. The smallest absolute Gasteiger partial charge is 0.407 e. The first-order chi connectivity index (χ1) is 12.1. The number of carbonyl (C=O) groups is 2. The molecule has 0 aliphatic heterocycles. The molecule has 0 aliphatic rings. The molecule has 5 N–H and O–H groups in total. The lowest BCUT2D eigenvalue weighted by atomic mass is 10.2. The summed E-state index contributed by atoms with van der Waals surface area (Å²) in [6.45, 7) is 5.71. The van der Waals surface area contributed by atoms with Gasteiger partial charge in [0.05, 0.1) is 4.90 Å². The van der Waals surface area contributed by atoms with Crippen molar-refractivity contribution in [3.05, 3.63) is 28.4 Å². The molecule has 0 spiro atoms. The minimum atomic E-state index is -1.70. The van der Waals surface area contributed by atoms with Gasteiger partial charge in [-0.05, 0) is 39.0 Å². The van der Waals surface area contributed by atoms with Crippen LogP contribution in [-0.2, 0) is 15.7 Å². The van der Waals surface area contributed by atoms with Crippen molar-refractivity contribution in [3.8, 4) is 0 Å². The largest absolute Gasteiger partial charge is 0.444 e. The third kappa shape index (κ3) is 5.29. The maximum absolute atomic E-state index is 12.6. The number of ether oxygens (including phenoxy) is 1. The van der Waals surface area contributed by atoms with Gasteiger partial charge in [0, 0.05) is 28.5 Å². The van der Waals surface area contributed by atoms with Gasteiger partial charge in [-0.1, -0.05) is 15.9 Å². The van der Waals surface area contributed by atoms with Crippen LogP contribution in [-0.4, -0.2) is 39.9 Å². The van der Waals surface area contributed by atoms with Gasteiger partial charge in [0.1, 0.15) is 22.3 Å². The number of fused-ring (bicyclic) bond motifs is 1. The number of H-pyrrole nitrogens is 1. The Hall–Kier alpha value is -1.91. The molecule has 1 heterocycles. The summed E-state index contributed by atoms with van der Waals surface area (Å²) < 4.78 is 21.3. The highest BCUT2D eigenvalue weighted by molar-refractivity contribution is 9.10. The zero-order valence-corrected chi connectivity index (χ0v) is 17.0. The number of aromatic amines is 1. The van der Waals surface area contributed by atoms with E-state index in [0.29, 0.717) is 10.9 Å². The lowest BCUT2D eigenvalue weighted by molar-refractivity contribution is 0.0529. The number of primary amides is 1. The molecule has 0 fully saturated rings. The number of rotatable bonds is 6. The normalized spacial score (nSPS) is 12.8. The number of aromatic nitrogens is 1. The molecule has 2 amide bonds. The number of alkyl carbamates (subject to hydrolysis) is 1. The minimum Gasteiger partial charge on any atom is -0.444 e. The van der Waals surface area contributed by atoms with E-state index in [1.807, 2.05) is 0 Å². The number of nitrogens with two attached hydrogens (primary N) is 1. The molecule has 0 saturated carbocycles. The average Bonchev–Trinajstić information content (AvgIpc) is 2.88. The molecule has 8 nitrogen and oxygen atoms in total. The van der Waals surface area contributed by atoms with Gasteiger partial charge in [-0.2, -0.15) is 0 Å². The van der Waals surface area contributed by atoms with Gasteiger partial charge in [-0.3, -0.25) is 4.79 Å². The van der Waals surface area contributed by atoms with Crippen LogP contribution in [0.3, 0.4) is 0 Å².